The number of furan rings is 1. The van der Waals surface area contributed by atoms with Crippen LogP contribution >= 0.6 is 0 Å². The molecule has 116 valence electrons. The number of nitrogens with one attached hydrogen (secondary N) is 3. The summed E-state index contributed by atoms with van der Waals surface area (Å²) in [4.78, 5) is 15.8. The van der Waals surface area contributed by atoms with Crippen LogP contribution in [0.25, 0.3) is 0 Å². The van der Waals surface area contributed by atoms with Crippen LogP contribution in [0.1, 0.15) is 36.8 Å². The van der Waals surface area contributed by atoms with Gasteiger partial charge in [0.25, 0.3) is 0 Å². The van der Waals surface area contributed by atoms with Crippen molar-refractivity contribution >= 4 is 11.9 Å². The largest absolute Gasteiger partial charge is 0.466 e. The first-order valence-corrected chi connectivity index (χ1v) is 7.46. The van der Waals surface area contributed by atoms with Crippen LogP contribution in [-0.4, -0.2) is 31.0 Å². The lowest BCUT2D eigenvalue weighted by Gasteiger charge is -2.25. The van der Waals surface area contributed by atoms with Gasteiger partial charge in [0.2, 0.25) is 5.91 Å². The lowest BCUT2D eigenvalue weighted by molar-refractivity contribution is -0.122. The van der Waals surface area contributed by atoms with Gasteiger partial charge in [0.1, 0.15) is 11.5 Å². The number of nitrogens with zero attached hydrogens (tertiary/aromatic N) is 1. The minimum absolute atomic E-state index is 0.125. The molecule has 1 amide bonds. The molecule has 21 heavy (non-hydrogen) atoms. The molecule has 0 saturated carbocycles. The fourth-order valence-electron chi connectivity index (χ4n) is 2.37. The van der Waals surface area contributed by atoms with Crippen molar-refractivity contribution < 1.29 is 9.21 Å². The number of guanidine groups is 1. The van der Waals surface area contributed by atoms with Crippen molar-refractivity contribution in [2.45, 2.75) is 46.2 Å². The van der Waals surface area contributed by atoms with E-state index in [1.807, 2.05) is 26.8 Å². The maximum absolute atomic E-state index is 11.2. The summed E-state index contributed by atoms with van der Waals surface area (Å²) in [6.07, 6.45) is 1.40. The topological polar surface area (TPSA) is 78.7 Å². The highest BCUT2D eigenvalue weighted by atomic mass is 16.3. The van der Waals surface area contributed by atoms with E-state index >= 15 is 0 Å². The number of carbonyl (C=O) groups excluding carboxylic acids is 1. The number of hydrogen-bond donors (Lipinski definition) is 3. The molecular weight excluding hydrogens is 268 g/mol. The number of piperidine rings is 1. The predicted octanol–water partition coefficient (Wildman–Crippen LogP) is 1.23. The Hall–Kier alpha value is -1.98. The Balaban J connectivity index is 1.95. The van der Waals surface area contributed by atoms with Crippen LogP contribution in [0.2, 0.25) is 0 Å². The van der Waals surface area contributed by atoms with E-state index in [0.29, 0.717) is 19.5 Å². The van der Waals surface area contributed by atoms with Crippen molar-refractivity contribution in [3.8, 4) is 0 Å². The molecule has 1 aromatic heterocycles. The van der Waals surface area contributed by atoms with Gasteiger partial charge in [-0.3, -0.25) is 4.79 Å². The summed E-state index contributed by atoms with van der Waals surface area (Å²) in [6, 6.07) is 2.25. The van der Waals surface area contributed by atoms with Crippen molar-refractivity contribution in [3.63, 3.8) is 0 Å². The second-order valence-electron chi connectivity index (χ2n) is 5.32. The number of aryl methyl sites for hydroxylation is 2. The summed E-state index contributed by atoms with van der Waals surface area (Å²) < 4.78 is 5.51. The van der Waals surface area contributed by atoms with Gasteiger partial charge in [-0.25, -0.2) is 4.99 Å². The van der Waals surface area contributed by atoms with Gasteiger partial charge in [-0.2, -0.15) is 0 Å². The fraction of sp³-hybridized carbons (Fsp3) is 0.600. The first-order valence-electron chi connectivity index (χ1n) is 7.46. The number of carbonyl (C=O) groups is 1. The van der Waals surface area contributed by atoms with Gasteiger partial charge in [0, 0.05) is 31.1 Å². The van der Waals surface area contributed by atoms with Gasteiger partial charge < -0.3 is 20.4 Å². The zero-order valence-electron chi connectivity index (χ0n) is 13.0. The standard InChI is InChI=1S/C15H24N4O2/c1-4-16-15(19-13-5-6-14(20)17-9-13)18-8-12-7-10(2)21-11(12)3/h7,13H,4-6,8-9H2,1-3H3,(H,17,20)(H2,16,18,19). The molecule has 1 aliphatic rings. The molecule has 0 bridgehead atoms. The highest BCUT2D eigenvalue weighted by Crippen LogP contribution is 2.14. The summed E-state index contributed by atoms with van der Waals surface area (Å²) >= 11 is 0. The quantitative estimate of drug-likeness (QED) is 0.576. The Bertz CT molecular complexity index is 512. The van der Waals surface area contributed by atoms with Crippen LogP contribution in [0.15, 0.2) is 15.5 Å². The molecule has 6 nitrogen and oxygen atoms in total. The van der Waals surface area contributed by atoms with E-state index in [0.717, 1.165) is 36.0 Å². The molecule has 0 radical (unpaired) electrons. The Morgan fingerprint density at radius 1 is 1.52 bits per heavy atom. The number of amides is 1. The van der Waals surface area contributed by atoms with E-state index in [-0.39, 0.29) is 11.9 Å². The Kier molecular flexibility index (Phi) is 5.25. The van der Waals surface area contributed by atoms with Crippen LogP contribution in [-0.2, 0) is 11.3 Å². The lowest BCUT2D eigenvalue weighted by Crippen LogP contribution is -2.51. The predicted molar refractivity (Wildman–Crippen MR) is 82.2 cm³/mol. The van der Waals surface area contributed by atoms with Gasteiger partial charge >= 0.3 is 0 Å². The highest BCUT2D eigenvalue weighted by Gasteiger charge is 2.18. The number of aliphatic imine (C=N–C) groups is 1. The maximum Gasteiger partial charge on any atom is 0.220 e. The van der Waals surface area contributed by atoms with Gasteiger partial charge in [0.15, 0.2) is 5.96 Å². The molecule has 1 aliphatic heterocycles. The van der Waals surface area contributed by atoms with E-state index in [1.54, 1.807) is 0 Å². The zero-order chi connectivity index (χ0) is 15.2. The van der Waals surface area contributed by atoms with E-state index in [4.69, 9.17) is 4.42 Å². The van der Waals surface area contributed by atoms with E-state index in [1.165, 1.54) is 0 Å². The van der Waals surface area contributed by atoms with Crippen LogP contribution in [0.3, 0.4) is 0 Å². The molecule has 3 N–H and O–H groups in total. The summed E-state index contributed by atoms with van der Waals surface area (Å²) in [7, 11) is 0. The Labute approximate surface area is 125 Å². The molecule has 0 spiro atoms. The van der Waals surface area contributed by atoms with E-state index in [2.05, 4.69) is 20.9 Å². The second-order valence-corrected chi connectivity index (χ2v) is 5.32. The van der Waals surface area contributed by atoms with E-state index in [9.17, 15) is 4.79 Å². The second kappa shape index (κ2) is 7.15. The maximum atomic E-state index is 11.2. The summed E-state index contributed by atoms with van der Waals surface area (Å²) in [5.74, 6) is 2.72. The van der Waals surface area contributed by atoms with Gasteiger partial charge in [-0.1, -0.05) is 0 Å². The monoisotopic (exact) mass is 292 g/mol. The summed E-state index contributed by atoms with van der Waals surface area (Å²) in [5.41, 5.74) is 1.10. The summed E-state index contributed by atoms with van der Waals surface area (Å²) in [6.45, 7) is 7.95. The third-order valence-electron chi connectivity index (χ3n) is 3.50. The minimum Gasteiger partial charge on any atom is -0.466 e. The number of rotatable bonds is 4. The van der Waals surface area contributed by atoms with Crippen LogP contribution in [0.4, 0.5) is 0 Å². The van der Waals surface area contributed by atoms with Crippen molar-refractivity contribution in [1.29, 1.82) is 0 Å². The first kappa shape index (κ1) is 15.4. The highest BCUT2D eigenvalue weighted by molar-refractivity contribution is 5.81. The third-order valence-corrected chi connectivity index (χ3v) is 3.50. The average Bonchev–Trinajstić information content (AvgIpc) is 2.77. The molecule has 1 saturated heterocycles. The van der Waals surface area contributed by atoms with Gasteiger partial charge in [-0.15, -0.1) is 0 Å². The van der Waals surface area contributed by atoms with Crippen molar-refractivity contribution in [3.05, 3.63) is 23.2 Å². The van der Waals surface area contributed by atoms with Crippen LogP contribution < -0.4 is 16.0 Å². The summed E-state index contributed by atoms with van der Waals surface area (Å²) in [5, 5.41) is 9.47. The smallest absolute Gasteiger partial charge is 0.220 e. The molecular formula is C15H24N4O2. The Morgan fingerprint density at radius 2 is 2.33 bits per heavy atom. The molecule has 1 fully saturated rings. The van der Waals surface area contributed by atoms with Crippen molar-refractivity contribution in [2.75, 3.05) is 13.1 Å². The van der Waals surface area contributed by atoms with Crippen LogP contribution in [0, 0.1) is 13.8 Å². The molecule has 0 aliphatic carbocycles. The first-order chi connectivity index (χ1) is 10.1. The molecule has 1 aromatic rings. The van der Waals surface area contributed by atoms with Crippen molar-refractivity contribution in [2.24, 2.45) is 4.99 Å². The van der Waals surface area contributed by atoms with Gasteiger partial charge in [-0.05, 0) is 33.3 Å². The molecule has 1 unspecified atom stereocenters. The Morgan fingerprint density at radius 3 is 2.90 bits per heavy atom. The fourth-order valence-corrected chi connectivity index (χ4v) is 2.37. The molecule has 6 heteroatoms. The molecule has 1 atom stereocenters. The molecule has 2 heterocycles. The SMILES string of the molecule is CCNC(=NCc1cc(C)oc1C)NC1CCC(=O)NC1. The molecule has 2 rings (SSSR count). The lowest BCUT2D eigenvalue weighted by atomic mass is 10.1. The van der Waals surface area contributed by atoms with Crippen LogP contribution in [0.5, 0.6) is 0 Å². The zero-order valence-corrected chi connectivity index (χ0v) is 13.0. The average molecular weight is 292 g/mol. The van der Waals surface area contributed by atoms with Gasteiger partial charge in [0.05, 0.1) is 6.54 Å². The normalized spacial score (nSPS) is 19.3. The minimum atomic E-state index is 0.125. The number of hydrogen-bond acceptors (Lipinski definition) is 3. The van der Waals surface area contributed by atoms with Crippen molar-refractivity contribution in [1.82, 2.24) is 16.0 Å². The third kappa shape index (κ3) is 4.51. The molecule has 0 aromatic carbocycles. The van der Waals surface area contributed by atoms with E-state index < -0.39 is 0 Å².